The first-order valence-electron chi connectivity index (χ1n) is 3.52. The Morgan fingerprint density at radius 3 is 2.25 bits per heavy atom. The van der Waals surface area contributed by atoms with E-state index in [2.05, 4.69) is 4.74 Å². The van der Waals surface area contributed by atoms with E-state index in [4.69, 9.17) is 20.4 Å². The summed E-state index contributed by atoms with van der Waals surface area (Å²) >= 11 is 0. The zero-order chi connectivity index (χ0) is 9.30. The fraction of sp³-hybridized carbons (Fsp3) is 1.00. The van der Waals surface area contributed by atoms with E-state index in [1.54, 1.807) is 0 Å². The molecule has 1 aliphatic heterocycles. The van der Waals surface area contributed by atoms with Crippen LogP contribution in [-0.4, -0.2) is 57.8 Å². The van der Waals surface area contributed by atoms with Crippen LogP contribution in [0.1, 0.15) is 0 Å². The lowest BCUT2D eigenvalue weighted by molar-refractivity contribution is -0.274. The smallest absolute Gasteiger partial charge is 0.184 e. The summed E-state index contributed by atoms with van der Waals surface area (Å²) in [6.45, 7) is -0.606. The molecule has 72 valence electrons. The van der Waals surface area contributed by atoms with Crippen LogP contribution in [0.3, 0.4) is 0 Å². The highest BCUT2D eigenvalue weighted by Crippen LogP contribution is 2.21. The van der Waals surface area contributed by atoms with Gasteiger partial charge in [0.25, 0.3) is 0 Å². The number of aliphatic hydroxyl groups excluding tert-OH is 4. The molecule has 5 nitrogen and oxygen atoms in total. The molecule has 1 saturated heterocycles. The Morgan fingerprint density at radius 2 is 1.75 bits per heavy atom. The molecule has 6 heteroatoms. The highest BCUT2D eigenvalue weighted by Gasteiger charge is 2.43. The summed E-state index contributed by atoms with van der Waals surface area (Å²) in [5.41, 5.74) is 0. The minimum atomic E-state index is -1.99. The van der Waals surface area contributed by atoms with Crippen LogP contribution in [0.25, 0.3) is 0 Å². The van der Waals surface area contributed by atoms with Crippen molar-refractivity contribution in [1.82, 2.24) is 0 Å². The molecule has 0 aromatic carbocycles. The van der Waals surface area contributed by atoms with Crippen molar-refractivity contribution >= 4 is 0 Å². The molecule has 0 aromatic heterocycles. The summed E-state index contributed by atoms with van der Waals surface area (Å²) in [4.78, 5) is 0. The van der Waals surface area contributed by atoms with Crippen molar-refractivity contribution in [1.29, 1.82) is 0 Å². The SMILES string of the molecule is OCC1OC(O)C(O)[C@H](F)[C@H]1O. The van der Waals surface area contributed by atoms with Gasteiger partial charge in [0.15, 0.2) is 12.5 Å². The molecule has 1 aliphatic rings. The van der Waals surface area contributed by atoms with Gasteiger partial charge in [-0.25, -0.2) is 4.39 Å². The standard InChI is InChI=1S/C6H11FO5/c7-3-4(9)2(1-8)12-6(11)5(3)10/h2-6,8-11H,1H2/t2?,3-,4+,5?,6?/m1/s1. The minimum Gasteiger partial charge on any atom is -0.394 e. The first-order chi connectivity index (χ1) is 5.57. The molecular weight excluding hydrogens is 171 g/mol. The van der Waals surface area contributed by atoms with Gasteiger partial charge in [-0.1, -0.05) is 0 Å². The average Bonchev–Trinajstić information content (AvgIpc) is 2.08. The molecule has 5 atom stereocenters. The fourth-order valence-electron chi connectivity index (χ4n) is 1.06. The minimum absolute atomic E-state index is 0.606. The van der Waals surface area contributed by atoms with Crippen molar-refractivity contribution in [3.63, 3.8) is 0 Å². The van der Waals surface area contributed by atoms with Gasteiger partial charge in [-0.3, -0.25) is 0 Å². The molecular formula is C6H11FO5. The van der Waals surface area contributed by atoms with Gasteiger partial charge in [-0.2, -0.15) is 0 Å². The molecule has 0 radical (unpaired) electrons. The van der Waals surface area contributed by atoms with Gasteiger partial charge in [0.2, 0.25) is 0 Å². The molecule has 1 heterocycles. The molecule has 0 amide bonds. The van der Waals surface area contributed by atoms with Crippen LogP contribution >= 0.6 is 0 Å². The summed E-state index contributed by atoms with van der Waals surface area (Å²) in [5.74, 6) is 0. The third-order valence-corrected chi connectivity index (χ3v) is 1.82. The van der Waals surface area contributed by atoms with Crippen molar-refractivity contribution < 1.29 is 29.6 Å². The maximum atomic E-state index is 12.8. The third-order valence-electron chi connectivity index (χ3n) is 1.82. The normalized spacial score (nSPS) is 49.2. The third kappa shape index (κ3) is 1.57. The van der Waals surface area contributed by atoms with Crippen LogP contribution in [0, 0.1) is 0 Å². The zero-order valence-corrected chi connectivity index (χ0v) is 6.17. The first kappa shape index (κ1) is 9.82. The highest BCUT2D eigenvalue weighted by molar-refractivity contribution is 4.88. The van der Waals surface area contributed by atoms with Crippen molar-refractivity contribution in [3.8, 4) is 0 Å². The summed E-state index contributed by atoms with van der Waals surface area (Å²) in [6.07, 6.45) is -8.24. The predicted octanol–water partition coefficient (Wildman–Crippen LogP) is -2.24. The monoisotopic (exact) mass is 182 g/mol. The Bertz CT molecular complexity index is 150. The summed E-state index contributed by atoms with van der Waals surface area (Å²) in [6, 6.07) is 0. The van der Waals surface area contributed by atoms with Gasteiger partial charge < -0.3 is 25.2 Å². The van der Waals surface area contributed by atoms with Gasteiger partial charge in [-0.15, -0.1) is 0 Å². The zero-order valence-electron chi connectivity index (χ0n) is 6.17. The summed E-state index contributed by atoms with van der Waals surface area (Å²) < 4.78 is 17.3. The largest absolute Gasteiger partial charge is 0.394 e. The van der Waals surface area contributed by atoms with Gasteiger partial charge in [-0.05, 0) is 0 Å². The second-order valence-corrected chi connectivity index (χ2v) is 2.67. The number of hydrogen-bond acceptors (Lipinski definition) is 5. The van der Waals surface area contributed by atoms with E-state index in [1.807, 2.05) is 0 Å². The number of hydrogen-bond donors (Lipinski definition) is 4. The van der Waals surface area contributed by atoms with Crippen molar-refractivity contribution in [2.24, 2.45) is 0 Å². The lowest BCUT2D eigenvalue weighted by Gasteiger charge is -2.36. The van der Waals surface area contributed by atoms with Crippen molar-refractivity contribution in [2.45, 2.75) is 30.8 Å². The van der Waals surface area contributed by atoms with E-state index in [9.17, 15) is 4.39 Å². The summed E-state index contributed by atoms with van der Waals surface area (Å²) in [5, 5.41) is 35.2. The second-order valence-electron chi connectivity index (χ2n) is 2.67. The van der Waals surface area contributed by atoms with E-state index in [1.165, 1.54) is 0 Å². The van der Waals surface area contributed by atoms with Gasteiger partial charge in [0, 0.05) is 0 Å². The van der Waals surface area contributed by atoms with Crippen LogP contribution < -0.4 is 0 Å². The van der Waals surface area contributed by atoms with Gasteiger partial charge >= 0.3 is 0 Å². The number of ether oxygens (including phenoxy) is 1. The summed E-state index contributed by atoms with van der Waals surface area (Å²) in [7, 11) is 0. The molecule has 0 aliphatic carbocycles. The van der Waals surface area contributed by atoms with Crippen molar-refractivity contribution in [3.05, 3.63) is 0 Å². The number of aliphatic hydroxyl groups is 4. The Morgan fingerprint density at radius 1 is 1.17 bits per heavy atom. The Kier molecular flexibility index (Phi) is 2.97. The van der Waals surface area contributed by atoms with Crippen LogP contribution in [0.2, 0.25) is 0 Å². The lowest BCUT2D eigenvalue weighted by atomic mass is 10.0. The van der Waals surface area contributed by atoms with Crippen LogP contribution in [0.15, 0.2) is 0 Å². The van der Waals surface area contributed by atoms with E-state index >= 15 is 0 Å². The molecule has 0 spiro atoms. The van der Waals surface area contributed by atoms with Gasteiger partial charge in [0.1, 0.15) is 18.3 Å². The van der Waals surface area contributed by atoms with Crippen LogP contribution in [-0.2, 0) is 4.74 Å². The second kappa shape index (κ2) is 3.63. The van der Waals surface area contributed by atoms with Gasteiger partial charge in [0.05, 0.1) is 6.61 Å². The number of alkyl halides is 1. The molecule has 0 bridgehead atoms. The molecule has 1 fully saturated rings. The van der Waals surface area contributed by atoms with E-state index in [-0.39, 0.29) is 0 Å². The highest BCUT2D eigenvalue weighted by atomic mass is 19.1. The number of halogens is 1. The molecule has 0 aromatic rings. The molecule has 0 saturated carbocycles. The molecule has 4 N–H and O–H groups in total. The average molecular weight is 182 g/mol. The molecule has 3 unspecified atom stereocenters. The van der Waals surface area contributed by atoms with Crippen LogP contribution in [0.5, 0.6) is 0 Å². The predicted molar refractivity (Wildman–Crippen MR) is 34.9 cm³/mol. The Hall–Kier alpha value is -0.270. The maximum absolute atomic E-state index is 12.8. The number of rotatable bonds is 1. The van der Waals surface area contributed by atoms with E-state index in [0.29, 0.717) is 0 Å². The molecule has 1 rings (SSSR count). The lowest BCUT2D eigenvalue weighted by Crippen LogP contribution is -2.56. The maximum Gasteiger partial charge on any atom is 0.184 e. The van der Waals surface area contributed by atoms with E-state index in [0.717, 1.165) is 0 Å². The Balaban J connectivity index is 2.63. The van der Waals surface area contributed by atoms with Crippen LogP contribution in [0.4, 0.5) is 4.39 Å². The van der Waals surface area contributed by atoms with E-state index < -0.39 is 37.4 Å². The van der Waals surface area contributed by atoms with Crippen molar-refractivity contribution in [2.75, 3.05) is 6.61 Å². The fourth-order valence-corrected chi connectivity index (χ4v) is 1.06. The quantitative estimate of drug-likeness (QED) is 0.368. The first-order valence-corrected chi connectivity index (χ1v) is 3.52. The topological polar surface area (TPSA) is 90.2 Å². The Labute approximate surface area is 68.0 Å². The molecule has 12 heavy (non-hydrogen) atoms.